The Morgan fingerprint density at radius 2 is 1.71 bits per heavy atom. The maximum absolute atomic E-state index is 13.7. The molecule has 3 heterocycles. The lowest BCUT2D eigenvalue weighted by atomic mass is 10.0. The van der Waals surface area contributed by atoms with Crippen LogP contribution in [0.5, 0.6) is 0 Å². The molecule has 0 unspecified atom stereocenters. The van der Waals surface area contributed by atoms with Gasteiger partial charge in [0, 0.05) is 43.6 Å². The minimum absolute atomic E-state index is 0.00704. The molecule has 2 aromatic carbocycles. The molecule has 0 N–H and O–H groups in total. The highest BCUT2D eigenvalue weighted by Crippen LogP contribution is 2.33. The van der Waals surface area contributed by atoms with E-state index in [2.05, 4.69) is 0 Å². The van der Waals surface area contributed by atoms with Crippen LogP contribution >= 0.6 is 0 Å². The minimum Gasteiger partial charge on any atom is -0.347 e. The second kappa shape index (κ2) is 8.66. The maximum Gasteiger partial charge on any atom is 0.272 e. The Balaban J connectivity index is 1.51. The van der Waals surface area contributed by atoms with Crippen molar-refractivity contribution in [3.05, 3.63) is 75.5 Å². The van der Waals surface area contributed by atoms with Gasteiger partial charge in [-0.05, 0) is 49.2 Å². The van der Waals surface area contributed by atoms with Gasteiger partial charge in [-0.25, -0.2) is 4.68 Å². The second-order valence-corrected chi connectivity index (χ2v) is 8.82. The molecule has 9 nitrogen and oxygen atoms in total. The van der Waals surface area contributed by atoms with Crippen LogP contribution in [-0.4, -0.2) is 57.6 Å². The van der Waals surface area contributed by atoms with Gasteiger partial charge in [0.2, 0.25) is 0 Å². The summed E-state index contributed by atoms with van der Waals surface area (Å²) in [6.07, 6.45) is 1.26. The van der Waals surface area contributed by atoms with Crippen LogP contribution in [0.2, 0.25) is 0 Å². The molecular weight excluding hydrogens is 436 g/mol. The van der Waals surface area contributed by atoms with Gasteiger partial charge in [0.25, 0.3) is 11.6 Å². The lowest BCUT2D eigenvalue weighted by Crippen LogP contribution is -2.47. The predicted octanol–water partition coefficient (Wildman–Crippen LogP) is 4.04. The Bertz CT molecular complexity index is 1230. The number of piperidine rings is 1. The molecule has 2 saturated heterocycles. The van der Waals surface area contributed by atoms with Crippen LogP contribution in [0.15, 0.2) is 48.5 Å². The number of hydrogen-bond acceptors (Lipinski definition) is 6. The van der Waals surface area contributed by atoms with E-state index >= 15 is 0 Å². The van der Waals surface area contributed by atoms with Crippen molar-refractivity contribution in [2.24, 2.45) is 0 Å². The number of ether oxygens (including phenoxy) is 2. The minimum atomic E-state index is -0.561. The number of amides is 1. The van der Waals surface area contributed by atoms with Gasteiger partial charge in [0.15, 0.2) is 5.79 Å². The lowest BCUT2D eigenvalue weighted by molar-refractivity contribution is -0.384. The number of nitrogens with zero attached hydrogens (tertiary/aromatic N) is 4. The Morgan fingerprint density at radius 1 is 1.03 bits per heavy atom. The monoisotopic (exact) mass is 462 g/mol. The quantitative estimate of drug-likeness (QED) is 0.429. The van der Waals surface area contributed by atoms with Gasteiger partial charge in [-0.15, -0.1) is 0 Å². The van der Waals surface area contributed by atoms with Crippen LogP contribution in [0.4, 0.5) is 5.69 Å². The fraction of sp³-hybridized carbons (Fsp3) is 0.360. The van der Waals surface area contributed by atoms with Crippen LogP contribution in [0.25, 0.3) is 16.9 Å². The summed E-state index contributed by atoms with van der Waals surface area (Å²) in [6.45, 7) is 6.22. The Labute approximate surface area is 197 Å². The van der Waals surface area contributed by atoms with Crippen LogP contribution in [0.3, 0.4) is 0 Å². The zero-order valence-electron chi connectivity index (χ0n) is 19.2. The molecule has 34 heavy (non-hydrogen) atoms. The normalized spacial score (nSPS) is 17.3. The van der Waals surface area contributed by atoms with E-state index in [0.717, 1.165) is 16.8 Å². The highest BCUT2D eigenvalue weighted by Gasteiger charge is 2.41. The number of nitro benzene ring substituents is 1. The molecule has 0 bridgehead atoms. The molecule has 1 spiro atoms. The topological polar surface area (TPSA) is 99.7 Å². The third kappa shape index (κ3) is 4.08. The summed E-state index contributed by atoms with van der Waals surface area (Å²) in [7, 11) is 0. The van der Waals surface area contributed by atoms with Crippen molar-refractivity contribution in [1.82, 2.24) is 14.7 Å². The summed E-state index contributed by atoms with van der Waals surface area (Å²) >= 11 is 0. The van der Waals surface area contributed by atoms with Gasteiger partial charge < -0.3 is 14.4 Å². The molecule has 9 heteroatoms. The molecule has 0 radical (unpaired) electrons. The smallest absolute Gasteiger partial charge is 0.272 e. The van der Waals surface area contributed by atoms with Crippen LogP contribution in [0.1, 0.15) is 34.5 Å². The summed E-state index contributed by atoms with van der Waals surface area (Å²) in [4.78, 5) is 26.1. The van der Waals surface area contributed by atoms with Crippen LogP contribution in [0, 0.1) is 24.0 Å². The highest BCUT2D eigenvalue weighted by molar-refractivity contribution is 5.94. The molecule has 2 fully saturated rings. The number of carbonyl (C=O) groups excluding carboxylic acids is 1. The molecule has 176 valence electrons. The van der Waals surface area contributed by atoms with E-state index in [1.807, 2.05) is 36.9 Å². The summed E-state index contributed by atoms with van der Waals surface area (Å²) in [6, 6.07) is 14.0. The number of carbonyl (C=O) groups is 1. The molecule has 0 saturated carbocycles. The number of non-ortho nitro benzene ring substituents is 1. The van der Waals surface area contributed by atoms with E-state index in [1.165, 1.54) is 12.1 Å². The number of nitro groups is 1. The first kappa shape index (κ1) is 22.2. The first-order valence-corrected chi connectivity index (χ1v) is 11.3. The van der Waals surface area contributed by atoms with E-state index in [1.54, 1.807) is 22.9 Å². The van der Waals surface area contributed by atoms with Crippen molar-refractivity contribution in [1.29, 1.82) is 0 Å². The van der Waals surface area contributed by atoms with Crippen LogP contribution in [-0.2, 0) is 9.47 Å². The average Bonchev–Trinajstić information content (AvgIpc) is 3.48. The molecule has 3 aromatic rings. The molecule has 1 amide bonds. The summed E-state index contributed by atoms with van der Waals surface area (Å²) in [5, 5.41) is 15.8. The van der Waals surface area contributed by atoms with E-state index in [9.17, 15) is 14.9 Å². The summed E-state index contributed by atoms with van der Waals surface area (Å²) in [5.41, 5.74) is 4.61. The van der Waals surface area contributed by atoms with Crippen molar-refractivity contribution in [2.75, 3.05) is 26.3 Å². The number of aromatic nitrogens is 2. The molecule has 1 aromatic heterocycles. The van der Waals surface area contributed by atoms with Crippen molar-refractivity contribution < 1.29 is 19.2 Å². The van der Waals surface area contributed by atoms with E-state index in [4.69, 9.17) is 14.6 Å². The van der Waals surface area contributed by atoms with E-state index < -0.39 is 10.7 Å². The standard InChI is InChI=1S/C25H26N4O5/c1-17-3-4-18(2)22(15-17)28-23(16-21(26-28)19-5-7-20(8-6-19)29(31)32)24(30)27-11-9-25(10-12-27)33-13-14-34-25/h3-8,15-16H,9-14H2,1-2H3. The number of hydrogen-bond donors (Lipinski definition) is 0. The zero-order chi connectivity index (χ0) is 23.9. The molecule has 2 aliphatic heterocycles. The Kier molecular flexibility index (Phi) is 5.66. The summed E-state index contributed by atoms with van der Waals surface area (Å²) < 4.78 is 13.3. The predicted molar refractivity (Wildman–Crippen MR) is 125 cm³/mol. The first-order valence-electron chi connectivity index (χ1n) is 11.3. The number of rotatable bonds is 4. The Morgan fingerprint density at radius 3 is 2.35 bits per heavy atom. The first-order chi connectivity index (χ1) is 16.3. The number of aryl methyl sites for hydroxylation is 2. The van der Waals surface area contributed by atoms with Gasteiger partial charge in [-0.2, -0.15) is 5.10 Å². The van der Waals surface area contributed by atoms with Gasteiger partial charge in [-0.3, -0.25) is 14.9 Å². The van der Waals surface area contributed by atoms with Crippen molar-refractivity contribution >= 4 is 11.6 Å². The molecule has 0 atom stereocenters. The second-order valence-electron chi connectivity index (χ2n) is 8.82. The zero-order valence-corrected chi connectivity index (χ0v) is 19.2. The van der Waals surface area contributed by atoms with Gasteiger partial charge in [-0.1, -0.05) is 12.1 Å². The third-order valence-electron chi connectivity index (χ3n) is 6.52. The van der Waals surface area contributed by atoms with Gasteiger partial charge in [0.05, 0.1) is 29.5 Å². The largest absolute Gasteiger partial charge is 0.347 e. The van der Waals surface area contributed by atoms with Crippen LogP contribution < -0.4 is 0 Å². The van der Waals surface area contributed by atoms with E-state index in [0.29, 0.717) is 56.1 Å². The fourth-order valence-corrected chi connectivity index (χ4v) is 4.56. The average molecular weight is 463 g/mol. The summed E-state index contributed by atoms with van der Waals surface area (Å²) in [5.74, 6) is -0.678. The Hall–Kier alpha value is -3.56. The number of benzene rings is 2. The lowest BCUT2D eigenvalue weighted by Gasteiger charge is -2.37. The SMILES string of the molecule is Cc1ccc(C)c(-n2nc(-c3ccc([N+](=O)[O-])cc3)cc2C(=O)N2CCC3(CC2)OCCO3)c1. The van der Waals surface area contributed by atoms with E-state index in [-0.39, 0.29) is 11.6 Å². The molecular formula is C25H26N4O5. The van der Waals surface area contributed by atoms with Crippen molar-refractivity contribution in [3.63, 3.8) is 0 Å². The third-order valence-corrected chi connectivity index (χ3v) is 6.52. The number of likely N-dealkylation sites (tertiary alicyclic amines) is 1. The molecule has 0 aliphatic carbocycles. The maximum atomic E-state index is 13.7. The van der Waals surface area contributed by atoms with Gasteiger partial charge in [0.1, 0.15) is 5.69 Å². The fourth-order valence-electron chi connectivity index (χ4n) is 4.56. The molecule has 5 rings (SSSR count). The highest BCUT2D eigenvalue weighted by atomic mass is 16.7. The van der Waals surface area contributed by atoms with Crippen molar-refractivity contribution in [3.8, 4) is 16.9 Å². The molecule has 2 aliphatic rings. The van der Waals surface area contributed by atoms with Crippen molar-refractivity contribution in [2.45, 2.75) is 32.5 Å². The van der Waals surface area contributed by atoms with Gasteiger partial charge >= 0.3 is 0 Å².